The van der Waals surface area contributed by atoms with E-state index in [1.165, 1.54) is 11.3 Å². The van der Waals surface area contributed by atoms with Crippen LogP contribution in [0.5, 0.6) is 0 Å². The van der Waals surface area contributed by atoms with Crippen molar-refractivity contribution in [2.24, 2.45) is 0 Å². The van der Waals surface area contributed by atoms with Gasteiger partial charge in [0.05, 0.1) is 18.3 Å². The van der Waals surface area contributed by atoms with Crippen molar-refractivity contribution >= 4 is 34.1 Å². The molecule has 2 saturated heterocycles. The van der Waals surface area contributed by atoms with Crippen LogP contribution in [0.15, 0.2) is 24.5 Å². The van der Waals surface area contributed by atoms with Crippen LogP contribution in [0.4, 0.5) is 19.4 Å². The Morgan fingerprint density at radius 2 is 1.97 bits per heavy atom. The Morgan fingerprint density at radius 1 is 1.19 bits per heavy atom. The van der Waals surface area contributed by atoms with E-state index in [0.717, 1.165) is 39.3 Å². The molecular weight excluding hydrogens is 436 g/mol. The molecule has 11 heteroatoms. The molecule has 0 spiro atoms. The van der Waals surface area contributed by atoms with Gasteiger partial charge in [0, 0.05) is 35.3 Å². The molecule has 2 aliphatic heterocycles. The third-order valence-corrected chi connectivity index (χ3v) is 6.99. The Morgan fingerprint density at radius 3 is 2.66 bits per heavy atom. The SMILES string of the molecule is Cc1nnc(-c2cnc3cnc(NC(=O)N4[C@@H]5CC[C@H]4CC(NCC(F)F)C5)cc3c2)s1. The summed E-state index contributed by atoms with van der Waals surface area (Å²) in [7, 11) is 0. The van der Waals surface area contributed by atoms with Gasteiger partial charge in [-0.2, -0.15) is 0 Å². The molecule has 168 valence electrons. The lowest BCUT2D eigenvalue weighted by Gasteiger charge is -2.39. The van der Waals surface area contributed by atoms with Crippen LogP contribution in [0.2, 0.25) is 0 Å². The summed E-state index contributed by atoms with van der Waals surface area (Å²) < 4.78 is 25.1. The van der Waals surface area contributed by atoms with Crippen molar-refractivity contribution in [3.8, 4) is 10.6 Å². The van der Waals surface area contributed by atoms with Crippen LogP contribution in [0.3, 0.4) is 0 Å². The number of pyridine rings is 2. The third kappa shape index (κ3) is 4.26. The minimum absolute atomic E-state index is 0.0258. The first-order valence-corrected chi connectivity index (χ1v) is 11.4. The predicted molar refractivity (Wildman–Crippen MR) is 118 cm³/mol. The highest BCUT2D eigenvalue weighted by molar-refractivity contribution is 7.14. The first-order chi connectivity index (χ1) is 15.5. The van der Waals surface area contributed by atoms with Crippen LogP contribution >= 0.6 is 11.3 Å². The van der Waals surface area contributed by atoms with E-state index in [0.29, 0.717) is 18.7 Å². The molecule has 2 bridgehead atoms. The number of amides is 2. The highest BCUT2D eigenvalue weighted by Gasteiger charge is 2.43. The standard InChI is InChI=1S/C21H23F2N7OS/c1-11-28-29-20(32-11)13-4-12-5-19(26-9-17(12)25-8-13)27-21(31)30-15-2-3-16(30)7-14(6-15)24-10-18(22)23/h4-5,8-9,14-16,18,24H,2-3,6-7,10H2,1H3,(H,26,27,31)/t14?,15-,16+. The van der Waals surface area contributed by atoms with E-state index in [1.54, 1.807) is 18.5 Å². The lowest BCUT2D eigenvalue weighted by Crippen LogP contribution is -2.53. The second kappa shape index (κ2) is 8.62. The van der Waals surface area contributed by atoms with Crippen molar-refractivity contribution < 1.29 is 13.6 Å². The number of nitrogens with zero attached hydrogens (tertiary/aromatic N) is 5. The van der Waals surface area contributed by atoms with E-state index < -0.39 is 6.43 Å². The normalized spacial score (nSPS) is 22.6. The van der Waals surface area contributed by atoms with Crippen LogP contribution < -0.4 is 10.6 Å². The monoisotopic (exact) mass is 459 g/mol. The number of halogens is 2. The fourth-order valence-corrected chi connectivity index (χ4v) is 5.41. The van der Waals surface area contributed by atoms with Crippen molar-refractivity contribution in [1.82, 2.24) is 30.4 Å². The molecule has 2 aliphatic rings. The molecule has 3 atom stereocenters. The zero-order chi connectivity index (χ0) is 22.2. The maximum atomic E-state index is 13.0. The molecule has 1 unspecified atom stereocenters. The summed E-state index contributed by atoms with van der Waals surface area (Å²) in [5.41, 5.74) is 1.59. The molecule has 2 amide bonds. The molecular formula is C21H23F2N7OS. The van der Waals surface area contributed by atoms with Gasteiger partial charge >= 0.3 is 6.03 Å². The molecule has 0 saturated carbocycles. The Bertz CT molecular complexity index is 1130. The van der Waals surface area contributed by atoms with Gasteiger partial charge in [-0.25, -0.2) is 18.6 Å². The molecule has 0 radical (unpaired) electrons. The van der Waals surface area contributed by atoms with Crippen molar-refractivity contribution in [2.75, 3.05) is 11.9 Å². The maximum absolute atomic E-state index is 13.0. The van der Waals surface area contributed by atoms with Gasteiger partial charge in [-0.15, -0.1) is 10.2 Å². The molecule has 0 aromatic carbocycles. The summed E-state index contributed by atoms with van der Waals surface area (Å²) in [6.45, 7) is 1.60. The van der Waals surface area contributed by atoms with Gasteiger partial charge in [-0.05, 0) is 44.7 Å². The van der Waals surface area contributed by atoms with Gasteiger partial charge in [-0.1, -0.05) is 11.3 Å². The summed E-state index contributed by atoms with van der Waals surface area (Å²) in [5, 5.41) is 16.6. The number of aryl methyl sites for hydroxylation is 1. The second-order valence-electron chi connectivity index (χ2n) is 8.30. The number of hydrogen-bond donors (Lipinski definition) is 2. The summed E-state index contributed by atoms with van der Waals surface area (Å²) >= 11 is 1.49. The number of urea groups is 1. The second-order valence-corrected chi connectivity index (χ2v) is 9.48. The van der Waals surface area contributed by atoms with Gasteiger partial charge < -0.3 is 10.2 Å². The Balaban J connectivity index is 1.29. The van der Waals surface area contributed by atoms with E-state index >= 15 is 0 Å². The fourth-order valence-electron chi connectivity index (χ4n) is 4.73. The van der Waals surface area contributed by atoms with Crippen LogP contribution in [-0.4, -0.2) is 62.2 Å². The zero-order valence-electron chi connectivity index (χ0n) is 17.5. The minimum Gasteiger partial charge on any atom is -0.318 e. The topological polar surface area (TPSA) is 95.9 Å². The minimum atomic E-state index is -2.36. The number of anilines is 1. The lowest BCUT2D eigenvalue weighted by atomic mass is 9.97. The van der Waals surface area contributed by atoms with Crippen molar-refractivity contribution in [1.29, 1.82) is 0 Å². The van der Waals surface area contributed by atoms with Crippen molar-refractivity contribution in [3.05, 3.63) is 29.5 Å². The average Bonchev–Trinajstić information content (AvgIpc) is 3.32. The van der Waals surface area contributed by atoms with E-state index in [2.05, 4.69) is 30.8 Å². The Hall–Kier alpha value is -2.79. The third-order valence-electron chi connectivity index (χ3n) is 6.10. The van der Waals surface area contributed by atoms with Crippen LogP contribution in [0.25, 0.3) is 21.5 Å². The first-order valence-electron chi connectivity index (χ1n) is 10.6. The van der Waals surface area contributed by atoms with Gasteiger partial charge in [0.2, 0.25) is 0 Å². The largest absolute Gasteiger partial charge is 0.323 e. The summed E-state index contributed by atoms with van der Waals surface area (Å²) in [4.78, 5) is 23.7. The lowest BCUT2D eigenvalue weighted by molar-refractivity contribution is 0.115. The van der Waals surface area contributed by atoms with E-state index in [4.69, 9.17) is 0 Å². The predicted octanol–water partition coefficient (Wildman–Crippen LogP) is 3.84. The van der Waals surface area contributed by atoms with E-state index in [1.807, 2.05) is 17.9 Å². The summed E-state index contributed by atoms with van der Waals surface area (Å²) in [6.07, 6.45) is 4.18. The van der Waals surface area contributed by atoms with Gasteiger partial charge in [0.1, 0.15) is 15.8 Å². The van der Waals surface area contributed by atoms with Crippen LogP contribution in [0.1, 0.15) is 30.7 Å². The number of carbonyl (C=O) groups is 1. The van der Waals surface area contributed by atoms with Crippen LogP contribution in [-0.2, 0) is 0 Å². The zero-order valence-corrected chi connectivity index (χ0v) is 18.3. The highest BCUT2D eigenvalue weighted by atomic mass is 32.1. The van der Waals surface area contributed by atoms with Gasteiger partial charge in [-0.3, -0.25) is 10.3 Å². The number of hydrogen-bond acceptors (Lipinski definition) is 7. The molecule has 3 aromatic heterocycles. The first kappa shape index (κ1) is 21.1. The molecule has 5 rings (SSSR count). The van der Waals surface area contributed by atoms with Gasteiger partial charge in [0.15, 0.2) is 0 Å². The fraction of sp³-hybridized carbons (Fsp3) is 0.476. The smallest absolute Gasteiger partial charge is 0.318 e. The molecule has 32 heavy (non-hydrogen) atoms. The maximum Gasteiger partial charge on any atom is 0.323 e. The number of carbonyl (C=O) groups excluding carboxylic acids is 1. The number of nitrogens with one attached hydrogen (secondary N) is 2. The number of fused-ring (bicyclic) bond motifs is 3. The van der Waals surface area contributed by atoms with E-state index in [-0.39, 0.29) is 30.7 Å². The molecule has 3 aromatic rings. The van der Waals surface area contributed by atoms with Gasteiger partial charge in [0.25, 0.3) is 6.43 Å². The number of rotatable bonds is 5. The van der Waals surface area contributed by atoms with Crippen molar-refractivity contribution in [3.63, 3.8) is 0 Å². The molecule has 2 fully saturated rings. The Kier molecular flexibility index (Phi) is 5.68. The van der Waals surface area contributed by atoms with Crippen molar-refractivity contribution in [2.45, 2.75) is 57.2 Å². The quantitative estimate of drug-likeness (QED) is 0.602. The molecule has 0 aliphatic carbocycles. The molecule has 5 heterocycles. The molecule has 8 nitrogen and oxygen atoms in total. The van der Waals surface area contributed by atoms with Crippen LogP contribution in [0, 0.1) is 6.92 Å². The highest BCUT2D eigenvalue weighted by Crippen LogP contribution is 2.36. The molecule has 2 N–H and O–H groups in total. The summed E-state index contributed by atoms with van der Waals surface area (Å²) in [5.74, 6) is 0.451. The Labute approximate surface area is 187 Å². The number of piperidine rings is 1. The number of aromatic nitrogens is 4. The number of alkyl halides is 2. The summed E-state index contributed by atoms with van der Waals surface area (Å²) in [6, 6.07) is 3.70. The van der Waals surface area contributed by atoms with E-state index in [9.17, 15) is 13.6 Å². The average molecular weight is 460 g/mol.